The van der Waals surface area contributed by atoms with E-state index in [1.807, 2.05) is 12.1 Å². The SMILES string of the molecule is CC(C)[C@@H](CCN1Cc2ccccc2C1)c1ccc(Cl)cc1. The maximum absolute atomic E-state index is 6.02. The van der Waals surface area contributed by atoms with Crippen molar-refractivity contribution in [2.75, 3.05) is 6.54 Å². The molecule has 0 saturated heterocycles. The van der Waals surface area contributed by atoms with Crippen molar-refractivity contribution >= 4 is 11.6 Å². The lowest BCUT2D eigenvalue weighted by Crippen LogP contribution is -2.21. The average Bonchev–Trinajstić information content (AvgIpc) is 2.91. The molecule has 3 rings (SSSR count). The molecule has 1 nitrogen and oxygen atoms in total. The third-order valence-corrected chi connectivity index (χ3v) is 5.02. The summed E-state index contributed by atoms with van der Waals surface area (Å²) in [5, 5.41) is 0.821. The van der Waals surface area contributed by atoms with Gasteiger partial charge >= 0.3 is 0 Å². The first-order valence-corrected chi connectivity index (χ1v) is 8.56. The van der Waals surface area contributed by atoms with Gasteiger partial charge in [0.25, 0.3) is 0 Å². The molecule has 0 radical (unpaired) electrons. The van der Waals surface area contributed by atoms with Crippen molar-refractivity contribution in [3.05, 3.63) is 70.2 Å². The Kier molecular flexibility index (Phi) is 4.85. The molecule has 2 aromatic rings. The summed E-state index contributed by atoms with van der Waals surface area (Å²) in [5.74, 6) is 1.24. The molecule has 2 heteroatoms. The van der Waals surface area contributed by atoms with Crippen LogP contribution in [-0.4, -0.2) is 11.4 Å². The summed E-state index contributed by atoms with van der Waals surface area (Å²) < 4.78 is 0. The van der Waals surface area contributed by atoms with Crippen molar-refractivity contribution in [2.45, 2.75) is 39.3 Å². The third-order valence-electron chi connectivity index (χ3n) is 4.77. The highest BCUT2D eigenvalue weighted by molar-refractivity contribution is 6.30. The predicted octanol–water partition coefficient (Wildman–Crippen LogP) is 5.49. The molecular formula is C20H24ClN. The van der Waals surface area contributed by atoms with Gasteiger partial charge in [-0.15, -0.1) is 0 Å². The summed E-state index contributed by atoms with van der Waals surface area (Å²) in [6.07, 6.45) is 1.20. The van der Waals surface area contributed by atoms with Crippen LogP contribution in [0.4, 0.5) is 0 Å². The van der Waals surface area contributed by atoms with Crippen LogP contribution in [0.25, 0.3) is 0 Å². The Morgan fingerprint density at radius 3 is 2.09 bits per heavy atom. The van der Waals surface area contributed by atoms with Gasteiger partial charge in [-0.05, 0) is 53.6 Å². The Balaban J connectivity index is 1.63. The Bertz CT molecular complexity index is 593. The van der Waals surface area contributed by atoms with Crippen LogP contribution in [0.15, 0.2) is 48.5 Å². The minimum atomic E-state index is 0.598. The van der Waals surface area contributed by atoms with Crippen molar-refractivity contribution in [1.82, 2.24) is 4.90 Å². The normalized spacial score (nSPS) is 16.0. The summed E-state index contributed by atoms with van der Waals surface area (Å²) >= 11 is 6.02. The van der Waals surface area contributed by atoms with E-state index >= 15 is 0 Å². The highest BCUT2D eigenvalue weighted by Crippen LogP contribution is 2.30. The minimum absolute atomic E-state index is 0.598. The summed E-state index contributed by atoms with van der Waals surface area (Å²) in [6.45, 7) is 7.99. The van der Waals surface area contributed by atoms with Crippen LogP contribution >= 0.6 is 11.6 Å². The highest BCUT2D eigenvalue weighted by atomic mass is 35.5. The van der Waals surface area contributed by atoms with Crippen molar-refractivity contribution < 1.29 is 0 Å². The molecule has 1 atom stereocenters. The molecule has 0 aromatic heterocycles. The van der Waals surface area contributed by atoms with Crippen molar-refractivity contribution in [3.8, 4) is 0 Å². The van der Waals surface area contributed by atoms with Gasteiger partial charge in [0.1, 0.15) is 0 Å². The maximum Gasteiger partial charge on any atom is 0.0406 e. The molecule has 0 saturated carbocycles. The molecule has 0 unspecified atom stereocenters. The van der Waals surface area contributed by atoms with Crippen LogP contribution in [0.3, 0.4) is 0 Å². The molecule has 22 heavy (non-hydrogen) atoms. The first kappa shape index (κ1) is 15.6. The fourth-order valence-electron chi connectivity index (χ4n) is 3.48. The lowest BCUT2D eigenvalue weighted by Gasteiger charge is -2.24. The van der Waals surface area contributed by atoms with E-state index in [1.54, 1.807) is 0 Å². The monoisotopic (exact) mass is 313 g/mol. The van der Waals surface area contributed by atoms with Gasteiger partial charge in [-0.2, -0.15) is 0 Å². The van der Waals surface area contributed by atoms with Gasteiger partial charge in [0.05, 0.1) is 0 Å². The van der Waals surface area contributed by atoms with Gasteiger partial charge in [-0.1, -0.05) is 61.8 Å². The molecule has 116 valence electrons. The largest absolute Gasteiger partial charge is 0.295 e. The average molecular weight is 314 g/mol. The Morgan fingerprint density at radius 2 is 1.55 bits per heavy atom. The second-order valence-electron chi connectivity index (χ2n) is 6.67. The van der Waals surface area contributed by atoms with E-state index < -0.39 is 0 Å². The number of hydrogen-bond donors (Lipinski definition) is 0. The maximum atomic E-state index is 6.02. The Morgan fingerprint density at radius 1 is 0.955 bits per heavy atom. The van der Waals surface area contributed by atoms with Gasteiger partial charge in [0, 0.05) is 18.1 Å². The van der Waals surface area contributed by atoms with Crippen molar-refractivity contribution in [1.29, 1.82) is 0 Å². The van der Waals surface area contributed by atoms with Gasteiger partial charge in [-0.3, -0.25) is 4.90 Å². The fraction of sp³-hybridized carbons (Fsp3) is 0.400. The Labute approximate surface area is 138 Å². The molecule has 1 heterocycles. The molecule has 0 aliphatic carbocycles. The number of hydrogen-bond acceptors (Lipinski definition) is 1. The summed E-state index contributed by atoms with van der Waals surface area (Å²) in [4.78, 5) is 2.57. The zero-order chi connectivity index (χ0) is 15.5. The zero-order valence-electron chi connectivity index (χ0n) is 13.4. The Hall–Kier alpha value is -1.31. The van der Waals surface area contributed by atoms with E-state index in [1.165, 1.54) is 23.1 Å². The molecule has 0 N–H and O–H groups in total. The fourth-order valence-corrected chi connectivity index (χ4v) is 3.60. The van der Waals surface area contributed by atoms with E-state index in [4.69, 9.17) is 11.6 Å². The molecule has 0 fully saturated rings. The van der Waals surface area contributed by atoms with Gasteiger partial charge in [0.2, 0.25) is 0 Å². The smallest absolute Gasteiger partial charge is 0.0406 e. The van der Waals surface area contributed by atoms with E-state index in [2.05, 4.69) is 55.1 Å². The van der Waals surface area contributed by atoms with Crippen molar-refractivity contribution in [3.63, 3.8) is 0 Å². The minimum Gasteiger partial charge on any atom is -0.295 e. The van der Waals surface area contributed by atoms with Gasteiger partial charge in [-0.25, -0.2) is 0 Å². The zero-order valence-corrected chi connectivity index (χ0v) is 14.2. The highest BCUT2D eigenvalue weighted by Gasteiger charge is 2.21. The van der Waals surface area contributed by atoms with E-state index in [0.717, 1.165) is 24.7 Å². The lowest BCUT2D eigenvalue weighted by molar-refractivity contribution is 0.261. The van der Waals surface area contributed by atoms with E-state index in [-0.39, 0.29) is 0 Å². The van der Waals surface area contributed by atoms with Crippen LogP contribution in [0, 0.1) is 5.92 Å². The second kappa shape index (κ2) is 6.85. The molecule has 1 aliphatic heterocycles. The summed E-state index contributed by atoms with van der Waals surface area (Å²) in [5.41, 5.74) is 4.40. The number of rotatable bonds is 5. The standard InChI is InChI=1S/C20H24ClN/c1-15(2)20(16-7-9-19(21)10-8-16)11-12-22-13-17-5-3-4-6-18(17)14-22/h3-10,15,20H,11-14H2,1-2H3/t20-/m1/s1. The molecule has 1 aliphatic rings. The van der Waals surface area contributed by atoms with E-state index in [0.29, 0.717) is 11.8 Å². The first-order valence-electron chi connectivity index (χ1n) is 8.18. The molecule has 0 amide bonds. The molecule has 2 aromatic carbocycles. The lowest BCUT2D eigenvalue weighted by atomic mass is 9.85. The van der Waals surface area contributed by atoms with Crippen LogP contribution in [0.1, 0.15) is 42.9 Å². The van der Waals surface area contributed by atoms with Gasteiger partial charge < -0.3 is 0 Å². The van der Waals surface area contributed by atoms with Crippen molar-refractivity contribution in [2.24, 2.45) is 5.92 Å². The molecular weight excluding hydrogens is 290 g/mol. The number of benzene rings is 2. The first-order chi connectivity index (χ1) is 10.6. The van der Waals surface area contributed by atoms with E-state index in [9.17, 15) is 0 Å². The predicted molar refractivity (Wildman–Crippen MR) is 94.2 cm³/mol. The number of halogens is 1. The van der Waals surface area contributed by atoms with Crippen LogP contribution in [0.2, 0.25) is 5.02 Å². The summed E-state index contributed by atoms with van der Waals surface area (Å²) in [7, 11) is 0. The van der Waals surface area contributed by atoms with Crippen LogP contribution < -0.4 is 0 Å². The molecule has 0 bridgehead atoms. The topological polar surface area (TPSA) is 3.24 Å². The second-order valence-corrected chi connectivity index (χ2v) is 7.11. The summed E-state index contributed by atoms with van der Waals surface area (Å²) in [6, 6.07) is 17.2. The third kappa shape index (κ3) is 3.53. The van der Waals surface area contributed by atoms with Crippen LogP contribution in [0.5, 0.6) is 0 Å². The van der Waals surface area contributed by atoms with Gasteiger partial charge in [0.15, 0.2) is 0 Å². The quantitative estimate of drug-likeness (QED) is 0.706. The molecule has 0 spiro atoms. The number of nitrogens with zero attached hydrogens (tertiary/aromatic N) is 1. The van der Waals surface area contributed by atoms with Crippen LogP contribution in [-0.2, 0) is 13.1 Å². The number of fused-ring (bicyclic) bond motifs is 1.